The Balaban J connectivity index is 1.76. The molecule has 6 heteroatoms. The minimum absolute atomic E-state index is 0.0615. The van der Waals surface area contributed by atoms with Crippen molar-refractivity contribution in [3.05, 3.63) is 47.1 Å². The predicted octanol–water partition coefficient (Wildman–Crippen LogP) is 2.07. The number of nitrogens with zero attached hydrogens (tertiary/aromatic N) is 3. The fourth-order valence-corrected chi connectivity index (χ4v) is 2.95. The standard InChI is InChI=1S/C16H20N4O2/c1-11-18-15(19-22-11)14-7-4-8-20(14)10-12-5-3-6-13(9-12)16(21)17-2/h3,5-6,9,14H,4,7-8,10H2,1-2H3,(H,17,21)/t14-/m0/s1. The number of benzene rings is 1. The van der Waals surface area contributed by atoms with E-state index in [-0.39, 0.29) is 11.9 Å². The number of amides is 1. The van der Waals surface area contributed by atoms with Crippen LogP contribution in [0.1, 0.15) is 46.5 Å². The zero-order valence-electron chi connectivity index (χ0n) is 12.9. The van der Waals surface area contributed by atoms with Crippen molar-refractivity contribution in [2.45, 2.75) is 32.4 Å². The quantitative estimate of drug-likeness (QED) is 0.936. The van der Waals surface area contributed by atoms with Crippen LogP contribution in [0.5, 0.6) is 0 Å². The van der Waals surface area contributed by atoms with Gasteiger partial charge in [0.25, 0.3) is 5.91 Å². The van der Waals surface area contributed by atoms with Gasteiger partial charge in [0.2, 0.25) is 5.89 Å². The van der Waals surface area contributed by atoms with E-state index in [9.17, 15) is 4.79 Å². The Morgan fingerprint density at radius 3 is 3.09 bits per heavy atom. The molecule has 1 aliphatic heterocycles. The van der Waals surface area contributed by atoms with E-state index in [0.717, 1.165) is 37.3 Å². The number of rotatable bonds is 4. The molecular formula is C16H20N4O2. The Kier molecular flexibility index (Phi) is 4.20. The van der Waals surface area contributed by atoms with E-state index >= 15 is 0 Å². The number of hydrogen-bond donors (Lipinski definition) is 1. The second-order valence-electron chi connectivity index (χ2n) is 5.58. The van der Waals surface area contributed by atoms with E-state index in [1.165, 1.54) is 0 Å². The van der Waals surface area contributed by atoms with Crippen LogP contribution >= 0.6 is 0 Å². The lowest BCUT2D eigenvalue weighted by Crippen LogP contribution is -2.24. The van der Waals surface area contributed by atoms with Gasteiger partial charge in [0, 0.05) is 26.1 Å². The molecule has 1 saturated heterocycles. The summed E-state index contributed by atoms with van der Waals surface area (Å²) >= 11 is 0. The van der Waals surface area contributed by atoms with Gasteiger partial charge in [0.05, 0.1) is 6.04 Å². The first kappa shape index (κ1) is 14.7. The fraction of sp³-hybridized carbons (Fsp3) is 0.438. The van der Waals surface area contributed by atoms with Gasteiger partial charge in [-0.2, -0.15) is 4.98 Å². The molecule has 0 spiro atoms. The normalized spacial score (nSPS) is 18.5. The summed E-state index contributed by atoms with van der Waals surface area (Å²) in [6.45, 7) is 3.59. The molecule has 0 bridgehead atoms. The van der Waals surface area contributed by atoms with E-state index in [0.29, 0.717) is 11.5 Å². The van der Waals surface area contributed by atoms with Crippen molar-refractivity contribution < 1.29 is 9.32 Å². The average molecular weight is 300 g/mol. The molecule has 0 radical (unpaired) electrons. The highest BCUT2D eigenvalue weighted by molar-refractivity contribution is 5.94. The molecule has 22 heavy (non-hydrogen) atoms. The Hall–Kier alpha value is -2.21. The topological polar surface area (TPSA) is 71.3 Å². The van der Waals surface area contributed by atoms with Gasteiger partial charge in [-0.15, -0.1) is 0 Å². The van der Waals surface area contributed by atoms with E-state index in [1.807, 2.05) is 31.2 Å². The van der Waals surface area contributed by atoms with Crippen molar-refractivity contribution >= 4 is 5.91 Å². The predicted molar refractivity (Wildman–Crippen MR) is 81.3 cm³/mol. The minimum atomic E-state index is -0.0615. The van der Waals surface area contributed by atoms with E-state index in [4.69, 9.17) is 4.52 Å². The highest BCUT2D eigenvalue weighted by Gasteiger charge is 2.29. The average Bonchev–Trinajstić information content (AvgIpc) is 3.15. The number of hydrogen-bond acceptors (Lipinski definition) is 5. The summed E-state index contributed by atoms with van der Waals surface area (Å²) < 4.78 is 5.10. The SMILES string of the molecule is CNC(=O)c1cccc(CN2CCC[C@H]2c2noc(C)n2)c1. The molecular weight excluding hydrogens is 280 g/mol. The molecule has 116 valence electrons. The van der Waals surface area contributed by atoms with E-state index < -0.39 is 0 Å². The molecule has 1 atom stereocenters. The third-order valence-corrected chi connectivity index (χ3v) is 4.01. The Morgan fingerprint density at radius 2 is 2.36 bits per heavy atom. The highest BCUT2D eigenvalue weighted by Crippen LogP contribution is 2.31. The summed E-state index contributed by atoms with van der Waals surface area (Å²) in [5.74, 6) is 1.30. The van der Waals surface area contributed by atoms with Crippen molar-refractivity contribution in [3.63, 3.8) is 0 Å². The first-order valence-corrected chi connectivity index (χ1v) is 7.52. The molecule has 0 unspecified atom stereocenters. The van der Waals surface area contributed by atoms with Gasteiger partial charge in [-0.1, -0.05) is 17.3 Å². The summed E-state index contributed by atoms with van der Waals surface area (Å²) in [5, 5.41) is 6.71. The van der Waals surface area contributed by atoms with Gasteiger partial charge in [-0.3, -0.25) is 9.69 Å². The van der Waals surface area contributed by atoms with Crippen LogP contribution in [0.4, 0.5) is 0 Å². The van der Waals surface area contributed by atoms with Gasteiger partial charge in [0.1, 0.15) is 0 Å². The first-order chi connectivity index (χ1) is 10.7. The van der Waals surface area contributed by atoms with Crippen molar-refractivity contribution in [2.75, 3.05) is 13.6 Å². The van der Waals surface area contributed by atoms with Gasteiger partial charge in [-0.05, 0) is 37.1 Å². The van der Waals surface area contributed by atoms with Gasteiger partial charge >= 0.3 is 0 Å². The lowest BCUT2D eigenvalue weighted by Gasteiger charge is -2.22. The van der Waals surface area contributed by atoms with Gasteiger partial charge in [0.15, 0.2) is 5.82 Å². The van der Waals surface area contributed by atoms with Crippen LogP contribution in [-0.4, -0.2) is 34.5 Å². The molecule has 3 rings (SSSR count). The molecule has 1 aliphatic rings. The third kappa shape index (κ3) is 3.01. The number of likely N-dealkylation sites (tertiary alicyclic amines) is 1. The molecule has 1 amide bonds. The molecule has 2 aromatic rings. The maximum atomic E-state index is 11.7. The summed E-state index contributed by atoms with van der Waals surface area (Å²) in [4.78, 5) is 18.4. The first-order valence-electron chi connectivity index (χ1n) is 7.52. The largest absolute Gasteiger partial charge is 0.355 e. The minimum Gasteiger partial charge on any atom is -0.355 e. The maximum absolute atomic E-state index is 11.7. The Labute approximate surface area is 129 Å². The van der Waals surface area contributed by atoms with Crippen LogP contribution in [0.2, 0.25) is 0 Å². The second-order valence-corrected chi connectivity index (χ2v) is 5.58. The summed E-state index contributed by atoms with van der Waals surface area (Å²) in [6.07, 6.45) is 2.15. The van der Waals surface area contributed by atoms with Crippen LogP contribution in [0.15, 0.2) is 28.8 Å². The smallest absolute Gasteiger partial charge is 0.251 e. The lowest BCUT2D eigenvalue weighted by atomic mass is 10.1. The van der Waals surface area contributed by atoms with Crippen molar-refractivity contribution in [2.24, 2.45) is 0 Å². The van der Waals surface area contributed by atoms with Crippen molar-refractivity contribution in [1.29, 1.82) is 0 Å². The molecule has 1 fully saturated rings. The van der Waals surface area contributed by atoms with Crippen molar-refractivity contribution in [3.8, 4) is 0 Å². The molecule has 0 saturated carbocycles. The van der Waals surface area contributed by atoms with E-state index in [2.05, 4.69) is 20.4 Å². The molecule has 1 aromatic heterocycles. The maximum Gasteiger partial charge on any atom is 0.251 e. The third-order valence-electron chi connectivity index (χ3n) is 4.01. The highest BCUT2D eigenvalue weighted by atomic mass is 16.5. The van der Waals surface area contributed by atoms with Gasteiger partial charge < -0.3 is 9.84 Å². The monoisotopic (exact) mass is 300 g/mol. The second kappa shape index (κ2) is 6.27. The lowest BCUT2D eigenvalue weighted by molar-refractivity contribution is 0.0963. The fourth-order valence-electron chi connectivity index (χ4n) is 2.95. The van der Waals surface area contributed by atoms with Crippen molar-refractivity contribution in [1.82, 2.24) is 20.4 Å². The number of aromatic nitrogens is 2. The summed E-state index contributed by atoms with van der Waals surface area (Å²) in [7, 11) is 1.64. The van der Waals surface area contributed by atoms with E-state index in [1.54, 1.807) is 7.05 Å². The van der Waals surface area contributed by atoms with Crippen LogP contribution in [-0.2, 0) is 6.54 Å². The molecule has 1 aromatic carbocycles. The number of aryl methyl sites for hydroxylation is 1. The molecule has 1 N–H and O–H groups in total. The number of nitrogens with one attached hydrogen (secondary N) is 1. The number of carbonyl (C=O) groups is 1. The number of carbonyl (C=O) groups excluding carboxylic acids is 1. The molecule has 2 heterocycles. The molecule has 0 aliphatic carbocycles. The molecule has 6 nitrogen and oxygen atoms in total. The Morgan fingerprint density at radius 1 is 1.50 bits per heavy atom. The van der Waals surface area contributed by atoms with Crippen LogP contribution in [0, 0.1) is 6.92 Å². The summed E-state index contributed by atoms with van der Waals surface area (Å²) in [5.41, 5.74) is 1.80. The van der Waals surface area contributed by atoms with Gasteiger partial charge in [-0.25, -0.2) is 0 Å². The van der Waals surface area contributed by atoms with Crippen LogP contribution in [0.25, 0.3) is 0 Å². The van der Waals surface area contributed by atoms with Crippen LogP contribution < -0.4 is 5.32 Å². The zero-order chi connectivity index (χ0) is 15.5. The zero-order valence-corrected chi connectivity index (χ0v) is 12.9. The Bertz CT molecular complexity index is 668. The van der Waals surface area contributed by atoms with Crippen LogP contribution in [0.3, 0.4) is 0 Å². The summed E-state index contributed by atoms with van der Waals surface area (Å²) in [6, 6.07) is 7.93.